The van der Waals surface area contributed by atoms with E-state index in [1.165, 1.54) is 7.11 Å². The molecule has 7 nitrogen and oxygen atoms in total. The average molecular weight is 347 g/mol. The summed E-state index contributed by atoms with van der Waals surface area (Å²) < 4.78 is 7.06. The molecule has 0 amide bonds. The molecule has 130 valence electrons. The number of aromatic hydroxyl groups is 1. The number of phenolic OH excluding ortho intramolecular Hbond substituents is 1. The predicted molar refractivity (Wildman–Crippen MR) is 98.2 cm³/mol. The van der Waals surface area contributed by atoms with Gasteiger partial charge in [0.1, 0.15) is 5.82 Å². The maximum Gasteiger partial charge on any atom is 0.165 e. The molecule has 1 aromatic carbocycles. The monoisotopic (exact) mass is 347 g/mol. The van der Waals surface area contributed by atoms with Gasteiger partial charge in [0.2, 0.25) is 0 Å². The molecule has 0 radical (unpaired) electrons. The van der Waals surface area contributed by atoms with Crippen LogP contribution >= 0.6 is 0 Å². The largest absolute Gasteiger partial charge is 0.504 e. The van der Waals surface area contributed by atoms with Crippen LogP contribution in [-0.4, -0.2) is 31.8 Å². The SMILES string of the molecule is COc1c(O)cccc1CNc1ccc2ncc(-c3ccncc3)n2n1. The second-order valence-electron chi connectivity index (χ2n) is 5.69. The van der Waals surface area contributed by atoms with Crippen molar-refractivity contribution >= 4 is 11.5 Å². The number of imidazole rings is 1. The molecule has 3 aromatic heterocycles. The van der Waals surface area contributed by atoms with E-state index in [9.17, 15) is 5.11 Å². The highest BCUT2D eigenvalue weighted by atomic mass is 16.5. The summed E-state index contributed by atoms with van der Waals surface area (Å²) in [5.41, 5.74) is 3.49. The van der Waals surface area contributed by atoms with Gasteiger partial charge >= 0.3 is 0 Å². The smallest absolute Gasteiger partial charge is 0.165 e. The molecule has 0 unspecified atom stereocenters. The Hall–Kier alpha value is -3.61. The lowest BCUT2D eigenvalue weighted by Gasteiger charge is -2.11. The summed E-state index contributed by atoms with van der Waals surface area (Å²) in [6.45, 7) is 0.468. The molecular weight excluding hydrogens is 330 g/mol. The molecule has 0 saturated carbocycles. The summed E-state index contributed by atoms with van der Waals surface area (Å²) in [5, 5.41) is 17.8. The van der Waals surface area contributed by atoms with Gasteiger partial charge in [-0.25, -0.2) is 9.50 Å². The zero-order valence-corrected chi connectivity index (χ0v) is 14.1. The van der Waals surface area contributed by atoms with E-state index in [-0.39, 0.29) is 5.75 Å². The molecular formula is C19H17N5O2. The summed E-state index contributed by atoms with van der Waals surface area (Å²) in [7, 11) is 1.54. The Balaban J connectivity index is 1.63. The number of fused-ring (bicyclic) bond motifs is 1. The second-order valence-corrected chi connectivity index (χ2v) is 5.69. The zero-order chi connectivity index (χ0) is 17.9. The molecule has 0 fully saturated rings. The third-order valence-electron chi connectivity index (χ3n) is 4.08. The molecule has 0 atom stereocenters. The van der Waals surface area contributed by atoms with Gasteiger partial charge in [0.25, 0.3) is 0 Å². The molecule has 3 heterocycles. The van der Waals surface area contributed by atoms with Gasteiger partial charge in [0.15, 0.2) is 17.1 Å². The van der Waals surface area contributed by atoms with Crippen molar-refractivity contribution in [2.24, 2.45) is 0 Å². The van der Waals surface area contributed by atoms with Gasteiger partial charge in [-0.3, -0.25) is 4.98 Å². The van der Waals surface area contributed by atoms with Crippen molar-refractivity contribution in [1.29, 1.82) is 0 Å². The minimum absolute atomic E-state index is 0.116. The Kier molecular flexibility index (Phi) is 4.10. The van der Waals surface area contributed by atoms with Crippen LogP contribution in [0.5, 0.6) is 11.5 Å². The highest BCUT2D eigenvalue weighted by molar-refractivity contribution is 5.63. The molecule has 4 aromatic rings. The van der Waals surface area contributed by atoms with Gasteiger partial charge < -0.3 is 15.2 Å². The van der Waals surface area contributed by atoms with Crippen molar-refractivity contribution < 1.29 is 9.84 Å². The minimum atomic E-state index is 0.116. The molecule has 0 aliphatic heterocycles. The lowest BCUT2D eigenvalue weighted by molar-refractivity contribution is 0.370. The third kappa shape index (κ3) is 2.90. The number of rotatable bonds is 5. The van der Waals surface area contributed by atoms with Crippen LogP contribution < -0.4 is 10.1 Å². The van der Waals surface area contributed by atoms with Gasteiger partial charge in [0.05, 0.1) is 19.0 Å². The van der Waals surface area contributed by atoms with Crippen LogP contribution in [0.4, 0.5) is 5.82 Å². The molecule has 0 aliphatic rings. The van der Waals surface area contributed by atoms with Crippen LogP contribution in [0.25, 0.3) is 16.9 Å². The van der Waals surface area contributed by atoms with Gasteiger partial charge in [-0.15, -0.1) is 5.10 Å². The second kappa shape index (κ2) is 6.72. The van der Waals surface area contributed by atoms with Crippen molar-refractivity contribution in [3.63, 3.8) is 0 Å². The molecule has 26 heavy (non-hydrogen) atoms. The number of aromatic nitrogens is 4. The minimum Gasteiger partial charge on any atom is -0.504 e. The topological polar surface area (TPSA) is 84.6 Å². The number of pyridine rings is 1. The number of phenols is 1. The lowest BCUT2D eigenvalue weighted by Crippen LogP contribution is -2.06. The van der Waals surface area contributed by atoms with Crippen molar-refractivity contribution in [3.05, 3.63) is 66.6 Å². The first kappa shape index (κ1) is 15.9. The number of hydrogen-bond acceptors (Lipinski definition) is 6. The van der Waals surface area contributed by atoms with Crippen LogP contribution in [0.2, 0.25) is 0 Å². The molecule has 0 bridgehead atoms. The Morgan fingerprint density at radius 3 is 2.77 bits per heavy atom. The highest BCUT2D eigenvalue weighted by Gasteiger charge is 2.10. The van der Waals surface area contributed by atoms with E-state index in [0.29, 0.717) is 18.1 Å². The average Bonchev–Trinajstić information content (AvgIpc) is 3.10. The van der Waals surface area contributed by atoms with E-state index in [1.807, 2.05) is 30.3 Å². The van der Waals surface area contributed by atoms with E-state index in [4.69, 9.17) is 4.74 Å². The summed E-state index contributed by atoms with van der Waals surface area (Å²) in [5.74, 6) is 1.27. The van der Waals surface area contributed by atoms with Gasteiger partial charge in [-0.2, -0.15) is 0 Å². The number of nitrogens with one attached hydrogen (secondary N) is 1. The fourth-order valence-electron chi connectivity index (χ4n) is 2.82. The van der Waals surface area contributed by atoms with E-state index in [2.05, 4.69) is 20.4 Å². The molecule has 2 N–H and O–H groups in total. The fraction of sp³-hybridized carbons (Fsp3) is 0.105. The van der Waals surface area contributed by atoms with Crippen molar-refractivity contribution in [2.75, 3.05) is 12.4 Å². The molecule has 0 aliphatic carbocycles. The number of benzene rings is 1. The predicted octanol–water partition coefficient (Wildman–Crippen LogP) is 3.12. The number of hydrogen-bond donors (Lipinski definition) is 2. The summed E-state index contributed by atoms with van der Waals surface area (Å²) in [6, 6.07) is 12.9. The molecule has 7 heteroatoms. The van der Waals surface area contributed by atoms with E-state index < -0.39 is 0 Å². The Labute approximate surface area is 149 Å². The normalized spacial score (nSPS) is 10.8. The number of methoxy groups -OCH3 is 1. The molecule has 0 saturated heterocycles. The van der Waals surface area contributed by atoms with Crippen LogP contribution in [0.3, 0.4) is 0 Å². The van der Waals surface area contributed by atoms with Crippen LogP contribution in [-0.2, 0) is 6.54 Å². The fourth-order valence-corrected chi connectivity index (χ4v) is 2.82. The van der Waals surface area contributed by atoms with Crippen molar-refractivity contribution in [2.45, 2.75) is 6.54 Å². The van der Waals surface area contributed by atoms with Crippen LogP contribution in [0, 0.1) is 0 Å². The number of para-hydroxylation sites is 1. The van der Waals surface area contributed by atoms with Gasteiger partial charge in [-0.05, 0) is 30.3 Å². The Morgan fingerprint density at radius 1 is 1.12 bits per heavy atom. The summed E-state index contributed by atoms with van der Waals surface area (Å²) in [6.07, 6.45) is 5.27. The van der Waals surface area contributed by atoms with Crippen LogP contribution in [0.1, 0.15) is 5.56 Å². The standard InChI is InChI=1S/C19H17N5O2/c1-26-19-14(3-2-4-16(19)25)11-21-17-5-6-18-22-12-15(24(18)23-17)13-7-9-20-10-8-13/h2-10,12,25H,11H2,1H3,(H,21,23). The molecule has 0 spiro atoms. The van der Waals surface area contributed by atoms with E-state index >= 15 is 0 Å². The first-order valence-electron chi connectivity index (χ1n) is 8.10. The quantitative estimate of drug-likeness (QED) is 0.577. The maximum atomic E-state index is 9.88. The first-order chi connectivity index (χ1) is 12.8. The van der Waals surface area contributed by atoms with E-state index in [1.54, 1.807) is 35.2 Å². The van der Waals surface area contributed by atoms with E-state index in [0.717, 1.165) is 22.5 Å². The first-order valence-corrected chi connectivity index (χ1v) is 8.10. The molecule has 4 rings (SSSR count). The maximum absolute atomic E-state index is 9.88. The number of ether oxygens (including phenoxy) is 1. The zero-order valence-electron chi connectivity index (χ0n) is 14.1. The number of anilines is 1. The summed E-state index contributed by atoms with van der Waals surface area (Å²) >= 11 is 0. The lowest BCUT2D eigenvalue weighted by atomic mass is 10.2. The summed E-state index contributed by atoms with van der Waals surface area (Å²) in [4.78, 5) is 8.44. The Morgan fingerprint density at radius 2 is 1.96 bits per heavy atom. The van der Waals surface area contributed by atoms with Gasteiger partial charge in [0, 0.05) is 30.1 Å². The van der Waals surface area contributed by atoms with Crippen LogP contribution in [0.15, 0.2) is 61.1 Å². The third-order valence-corrected chi connectivity index (χ3v) is 4.08. The highest BCUT2D eigenvalue weighted by Crippen LogP contribution is 2.30. The van der Waals surface area contributed by atoms with Gasteiger partial charge in [-0.1, -0.05) is 12.1 Å². The number of nitrogens with zero attached hydrogens (tertiary/aromatic N) is 4. The van der Waals surface area contributed by atoms with Crippen molar-refractivity contribution in [3.8, 4) is 22.8 Å². The van der Waals surface area contributed by atoms with Crippen molar-refractivity contribution in [1.82, 2.24) is 19.6 Å². The Bertz CT molecular complexity index is 1050.